The number of rotatable bonds is 3. The average molecular weight is 339 g/mol. The number of aryl methyl sites for hydroxylation is 1. The Morgan fingerprint density at radius 3 is 2.96 bits per heavy atom. The van der Waals surface area contributed by atoms with Crippen LogP contribution in [0.5, 0.6) is 0 Å². The van der Waals surface area contributed by atoms with Gasteiger partial charge in [0, 0.05) is 23.7 Å². The van der Waals surface area contributed by atoms with Crippen molar-refractivity contribution in [3.05, 3.63) is 53.6 Å². The van der Waals surface area contributed by atoms with Gasteiger partial charge in [-0.1, -0.05) is 0 Å². The second-order valence-electron chi connectivity index (χ2n) is 5.65. The molecule has 4 rings (SSSR count). The Hall–Kier alpha value is -2.85. The maximum Gasteiger partial charge on any atom is 0.179 e. The van der Waals surface area contributed by atoms with Gasteiger partial charge in [-0.2, -0.15) is 5.26 Å². The third-order valence-corrected chi connectivity index (χ3v) is 6.02. The predicted octanol–water partition coefficient (Wildman–Crippen LogP) is 2.64. The monoisotopic (exact) mass is 339 g/mol. The molecule has 0 amide bonds. The van der Waals surface area contributed by atoms with E-state index in [1.54, 1.807) is 24.7 Å². The number of sulfone groups is 1. The number of furan rings is 1. The zero-order chi connectivity index (χ0) is 16.7. The van der Waals surface area contributed by atoms with Crippen molar-refractivity contribution in [3.63, 3.8) is 0 Å². The van der Waals surface area contributed by atoms with E-state index in [-0.39, 0.29) is 5.75 Å². The number of nitrogens with one attached hydrogen (secondary N) is 1. The molecule has 3 aromatic rings. The van der Waals surface area contributed by atoms with Crippen molar-refractivity contribution >= 4 is 26.4 Å². The lowest BCUT2D eigenvalue weighted by Crippen LogP contribution is -2.04. The SMILES string of the molecule is N#Cc1cnc2ccc3c(c2c1NCc1ccoc1)CCS3(=O)=O. The van der Waals surface area contributed by atoms with Gasteiger partial charge in [0.15, 0.2) is 9.84 Å². The Labute approximate surface area is 138 Å². The first-order valence-corrected chi connectivity index (χ1v) is 9.08. The van der Waals surface area contributed by atoms with E-state index in [2.05, 4.69) is 16.4 Å². The van der Waals surface area contributed by atoms with Crippen molar-refractivity contribution in [3.8, 4) is 6.07 Å². The summed E-state index contributed by atoms with van der Waals surface area (Å²) in [6, 6.07) is 7.27. The van der Waals surface area contributed by atoms with Crippen LogP contribution in [0.2, 0.25) is 0 Å². The smallest absolute Gasteiger partial charge is 0.179 e. The summed E-state index contributed by atoms with van der Waals surface area (Å²) >= 11 is 0. The van der Waals surface area contributed by atoms with E-state index in [4.69, 9.17) is 4.42 Å². The predicted molar refractivity (Wildman–Crippen MR) is 88.2 cm³/mol. The minimum absolute atomic E-state index is 0.0966. The molecule has 0 unspecified atom stereocenters. The Kier molecular flexibility index (Phi) is 3.28. The summed E-state index contributed by atoms with van der Waals surface area (Å²) in [4.78, 5) is 4.65. The van der Waals surface area contributed by atoms with Gasteiger partial charge < -0.3 is 9.73 Å². The fourth-order valence-corrected chi connectivity index (χ4v) is 4.62. The van der Waals surface area contributed by atoms with E-state index in [9.17, 15) is 13.7 Å². The fraction of sp³-hybridized carbons (Fsp3) is 0.176. The van der Waals surface area contributed by atoms with Gasteiger partial charge in [-0.15, -0.1) is 0 Å². The van der Waals surface area contributed by atoms with Gasteiger partial charge in [0.1, 0.15) is 6.07 Å². The van der Waals surface area contributed by atoms with Gasteiger partial charge in [-0.25, -0.2) is 8.42 Å². The fourth-order valence-electron chi connectivity index (χ4n) is 3.07. The molecule has 0 aliphatic carbocycles. The van der Waals surface area contributed by atoms with Crippen LogP contribution < -0.4 is 5.32 Å². The molecule has 24 heavy (non-hydrogen) atoms. The molecular weight excluding hydrogens is 326 g/mol. The third kappa shape index (κ3) is 2.23. The molecule has 1 aromatic carbocycles. The number of anilines is 1. The summed E-state index contributed by atoms with van der Waals surface area (Å²) in [5.41, 5.74) is 3.37. The van der Waals surface area contributed by atoms with E-state index in [1.165, 1.54) is 6.20 Å². The first-order valence-electron chi connectivity index (χ1n) is 7.42. The second-order valence-corrected chi connectivity index (χ2v) is 7.73. The lowest BCUT2D eigenvalue weighted by atomic mass is 10.0. The summed E-state index contributed by atoms with van der Waals surface area (Å²) in [6.45, 7) is 0.473. The van der Waals surface area contributed by atoms with Crippen LogP contribution in [0.1, 0.15) is 16.7 Å². The highest BCUT2D eigenvalue weighted by atomic mass is 32.2. The molecule has 0 radical (unpaired) electrons. The number of fused-ring (bicyclic) bond motifs is 3. The van der Waals surface area contributed by atoms with Gasteiger partial charge in [0.05, 0.1) is 39.9 Å². The summed E-state index contributed by atoms with van der Waals surface area (Å²) in [6.07, 6.45) is 5.15. The molecule has 0 saturated heterocycles. The largest absolute Gasteiger partial charge is 0.472 e. The highest BCUT2D eigenvalue weighted by Crippen LogP contribution is 2.37. The lowest BCUT2D eigenvalue weighted by molar-refractivity contribution is 0.564. The van der Waals surface area contributed by atoms with Crippen LogP contribution >= 0.6 is 0 Å². The molecule has 120 valence electrons. The molecule has 7 heteroatoms. The van der Waals surface area contributed by atoms with Gasteiger partial charge >= 0.3 is 0 Å². The molecule has 1 N–H and O–H groups in total. The van der Waals surface area contributed by atoms with Gasteiger partial charge in [-0.3, -0.25) is 4.98 Å². The van der Waals surface area contributed by atoms with Crippen molar-refractivity contribution in [1.82, 2.24) is 4.98 Å². The summed E-state index contributed by atoms with van der Waals surface area (Å²) in [7, 11) is -3.25. The Bertz CT molecular complexity index is 1080. The van der Waals surface area contributed by atoms with Crippen molar-refractivity contribution in [2.45, 2.75) is 17.9 Å². The molecule has 0 atom stereocenters. The minimum atomic E-state index is -3.25. The van der Waals surface area contributed by atoms with Gasteiger partial charge in [0.25, 0.3) is 0 Å². The molecule has 6 nitrogen and oxygen atoms in total. The maximum atomic E-state index is 12.2. The van der Waals surface area contributed by atoms with Crippen LogP contribution in [0.4, 0.5) is 5.69 Å². The van der Waals surface area contributed by atoms with Crippen LogP contribution in [0.15, 0.2) is 46.2 Å². The molecular formula is C17H13N3O3S. The maximum absolute atomic E-state index is 12.2. The first kappa shape index (κ1) is 14.7. The zero-order valence-corrected chi connectivity index (χ0v) is 13.4. The number of hydrogen-bond acceptors (Lipinski definition) is 6. The van der Waals surface area contributed by atoms with Gasteiger partial charge in [-0.05, 0) is 30.2 Å². The topological polar surface area (TPSA) is 96.0 Å². The number of hydrogen-bond donors (Lipinski definition) is 1. The Morgan fingerprint density at radius 1 is 1.33 bits per heavy atom. The molecule has 0 fully saturated rings. The number of benzene rings is 1. The van der Waals surface area contributed by atoms with Crippen LogP contribution in [0.25, 0.3) is 10.9 Å². The van der Waals surface area contributed by atoms with Crippen LogP contribution in [-0.4, -0.2) is 19.2 Å². The normalized spacial score (nSPS) is 15.1. The lowest BCUT2D eigenvalue weighted by Gasteiger charge is -2.13. The van der Waals surface area contributed by atoms with E-state index in [0.29, 0.717) is 34.6 Å². The van der Waals surface area contributed by atoms with Crippen LogP contribution in [0, 0.1) is 11.3 Å². The first-order chi connectivity index (χ1) is 11.6. The number of nitrogens with zero attached hydrogens (tertiary/aromatic N) is 2. The van der Waals surface area contributed by atoms with Crippen molar-refractivity contribution in [2.75, 3.05) is 11.1 Å². The van der Waals surface area contributed by atoms with Crippen LogP contribution in [0.3, 0.4) is 0 Å². The summed E-state index contributed by atoms with van der Waals surface area (Å²) in [5, 5.41) is 13.4. The van der Waals surface area contributed by atoms with Crippen LogP contribution in [-0.2, 0) is 22.8 Å². The molecule has 0 saturated carbocycles. The van der Waals surface area contributed by atoms with E-state index in [0.717, 1.165) is 16.5 Å². The molecule has 3 heterocycles. The Balaban J connectivity index is 1.93. The zero-order valence-electron chi connectivity index (χ0n) is 12.6. The second kappa shape index (κ2) is 5.35. The van der Waals surface area contributed by atoms with Crippen molar-refractivity contribution in [2.24, 2.45) is 0 Å². The van der Waals surface area contributed by atoms with E-state index in [1.807, 2.05) is 6.07 Å². The van der Waals surface area contributed by atoms with Gasteiger partial charge in [0.2, 0.25) is 0 Å². The minimum Gasteiger partial charge on any atom is -0.472 e. The number of nitriles is 1. The number of pyridine rings is 1. The number of aromatic nitrogens is 1. The summed E-state index contributed by atoms with van der Waals surface area (Å²) < 4.78 is 29.4. The molecule has 1 aliphatic heterocycles. The van der Waals surface area contributed by atoms with Crippen molar-refractivity contribution in [1.29, 1.82) is 5.26 Å². The standard InChI is InChI=1S/C17H13N3O3S/c18-7-12-9-19-14-1-2-15-13(4-6-24(15,21)22)16(14)17(12)20-8-11-3-5-23-10-11/h1-3,5,9-10H,4,6,8H2,(H,19,20). The quantitative estimate of drug-likeness (QED) is 0.788. The highest BCUT2D eigenvalue weighted by molar-refractivity contribution is 7.91. The average Bonchev–Trinajstić information content (AvgIpc) is 3.20. The molecule has 0 spiro atoms. The Morgan fingerprint density at radius 2 is 2.21 bits per heavy atom. The third-order valence-electron chi connectivity index (χ3n) is 4.23. The van der Waals surface area contributed by atoms with E-state index < -0.39 is 9.84 Å². The van der Waals surface area contributed by atoms with E-state index >= 15 is 0 Å². The highest BCUT2D eigenvalue weighted by Gasteiger charge is 2.29. The summed E-state index contributed by atoms with van der Waals surface area (Å²) in [5.74, 6) is 0.0966. The molecule has 0 bridgehead atoms. The molecule has 1 aliphatic rings. The molecule has 2 aromatic heterocycles. The van der Waals surface area contributed by atoms with Crippen molar-refractivity contribution < 1.29 is 12.8 Å².